The van der Waals surface area contributed by atoms with E-state index in [1.54, 1.807) is 56.9 Å². The van der Waals surface area contributed by atoms with Crippen molar-refractivity contribution in [1.29, 1.82) is 0 Å². The molecule has 9 rings (SSSR count). The lowest BCUT2D eigenvalue weighted by atomic mass is 9.98. The first-order valence-electron chi connectivity index (χ1n) is 20.3. The number of ether oxygens (including phenoxy) is 8. The molecule has 64 heavy (non-hydrogen) atoms. The lowest BCUT2D eigenvalue weighted by Gasteiger charge is -2.15. The lowest BCUT2D eigenvalue weighted by Crippen LogP contribution is -2.04. The quantitative estimate of drug-likeness (QED) is 0.138. The summed E-state index contributed by atoms with van der Waals surface area (Å²) in [5.41, 5.74) is 11.9. The Kier molecular flexibility index (Phi) is 11.2. The minimum Gasteiger partial charge on any atom is -0.493 e. The van der Waals surface area contributed by atoms with Gasteiger partial charge >= 0.3 is 0 Å². The summed E-state index contributed by atoms with van der Waals surface area (Å²) in [5.74, 6) is 4.66. The van der Waals surface area contributed by atoms with E-state index in [9.17, 15) is 0 Å². The van der Waals surface area contributed by atoms with Crippen molar-refractivity contribution in [2.24, 2.45) is 20.0 Å². The fourth-order valence-corrected chi connectivity index (χ4v) is 8.24. The number of fused-ring (bicyclic) bond motifs is 4. The Hall–Kier alpha value is -8.12. The van der Waals surface area contributed by atoms with Gasteiger partial charge in [-0.25, -0.2) is 20.0 Å². The van der Waals surface area contributed by atoms with Crippen LogP contribution in [-0.4, -0.2) is 79.7 Å². The molecular formula is C52H44N4O8. The van der Waals surface area contributed by atoms with Crippen LogP contribution in [0.3, 0.4) is 0 Å². The molecule has 5 heterocycles. The molecule has 5 aliphatic heterocycles. The maximum absolute atomic E-state index is 5.80. The van der Waals surface area contributed by atoms with Gasteiger partial charge in [-0.15, -0.1) is 0 Å². The highest BCUT2D eigenvalue weighted by molar-refractivity contribution is 6.39. The third-order valence-corrected chi connectivity index (χ3v) is 11.3. The van der Waals surface area contributed by atoms with Crippen molar-refractivity contribution in [3.05, 3.63) is 166 Å². The second-order valence-electron chi connectivity index (χ2n) is 14.6. The minimum absolute atomic E-state index is 0.567. The number of rotatable bonds is 12. The zero-order valence-corrected chi connectivity index (χ0v) is 36.6. The number of hydrogen-bond donors (Lipinski definition) is 0. The number of nitrogens with zero attached hydrogens (tertiary/aromatic N) is 4. The first kappa shape index (κ1) is 41.2. The first-order valence-corrected chi connectivity index (χ1v) is 20.3. The highest BCUT2D eigenvalue weighted by atomic mass is 16.5. The van der Waals surface area contributed by atoms with E-state index in [-0.39, 0.29) is 0 Å². The molecule has 0 saturated heterocycles. The molecule has 12 nitrogen and oxygen atoms in total. The van der Waals surface area contributed by atoms with E-state index in [4.69, 9.17) is 57.9 Å². The van der Waals surface area contributed by atoms with Crippen LogP contribution in [0.15, 0.2) is 164 Å². The maximum atomic E-state index is 5.80. The van der Waals surface area contributed by atoms with Crippen LogP contribution in [0.1, 0.15) is 22.3 Å². The third-order valence-electron chi connectivity index (χ3n) is 11.3. The van der Waals surface area contributed by atoms with Gasteiger partial charge in [0.25, 0.3) is 0 Å². The summed E-state index contributed by atoms with van der Waals surface area (Å²) in [7, 11) is 12.9. The van der Waals surface area contributed by atoms with E-state index >= 15 is 0 Å². The van der Waals surface area contributed by atoms with Gasteiger partial charge in [0, 0.05) is 22.3 Å². The number of methoxy groups -OCH3 is 8. The van der Waals surface area contributed by atoms with Crippen LogP contribution in [0, 0.1) is 0 Å². The molecule has 0 amide bonds. The van der Waals surface area contributed by atoms with Crippen LogP contribution in [0.4, 0.5) is 0 Å². The second-order valence-corrected chi connectivity index (χ2v) is 14.6. The predicted molar refractivity (Wildman–Crippen MR) is 252 cm³/mol. The Bertz CT molecular complexity index is 2620. The average molecular weight is 853 g/mol. The van der Waals surface area contributed by atoms with Gasteiger partial charge in [-0.05, 0) is 119 Å². The zero-order chi connectivity index (χ0) is 44.5. The van der Waals surface area contributed by atoms with Crippen molar-refractivity contribution < 1.29 is 37.9 Å². The number of allylic oxidation sites excluding steroid dienone is 12. The molecule has 0 spiro atoms. The van der Waals surface area contributed by atoms with Crippen molar-refractivity contribution in [3.63, 3.8) is 0 Å². The Balaban J connectivity index is 1.38. The summed E-state index contributed by atoms with van der Waals surface area (Å²) in [6, 6.07) is 23.2. The summed E-state index contributed by atoms with van der Waals surface area (Å²) in [6.07, 6.45) is 16.0. The van der Waals surface area contributed by atoms with E-state index in [2.05, 4.69) is 0 Å². The average Bonchev–Trinajstić information content (AvgIpc) is 4.19. The summed E-state index contributed by atoms with van der Waals surface area (Å²) < 4.78 is 45.8. The summed E-state index contributed by atoms with van der Waals surface area (Å²) in [4.78, 5) is 21.5. The fraction of sp³-hybridized carbons (Fsp3) is 0.154. The van der Waals surface area contributed by atoms with Gasteiger partial charge in [-0.2, -0.15) is 0 Å². The summed E-state index contributed by atoms with van der Waals surface area (Å²) in [5, 5.41) is 0. The van der Waals surface area contributed by atoms with Crippen LogP contribution >= 0.6 is 0 Å². The SMILES string of the molecule is COc1ccc(C2=C3C=CC(=N3)C(c3ccc(OC)c(OC)c3)=C3C=CC(=N3)C(c3ccc(OC)c(OC)c3)=C3C=CC(=N3)C(c3ccc(OC)c(OC)c3)=C3C=CC2=N3)cc1OC. The largest absolute Gasteiger partial charge is 0.493 e. The monoisotopic (exact) mass is 852 g/mol. The standard InChI is InChI=1S/C52H44N4O8/c1-57-41-21-9-29(25-45(41)61-5)49-33-13-15-35(53-33)50(30-10-22-42(58-2)46(26-30)62-6)37-17-19-39(55-37)52(32-12-24-44(60-4)48(28-32)64-8)40-20-18-38(56-40)51(36-16-14-34(49)54-36)31-11-23-43(59-3)47(27-31)63-7/h9-28H,1-8H3. The van der Waals surface area contributed by atoms with Crippen LogP contribution in [-0.2, 0) is 0 Å². The Morgan fingerprint density at radius 1 is 0.250 bits per heavy atom. The zero-order valence-electron chi connectivity index (χ0n) is 36.6. The minimum atomic E-state index is 0.567. The Labute approximate surface area is 371 Å². The third kappa shape index (κ3) is 7.28. The van der Waals surface area contributed by atoms with Gasteiger partial charge in [-0.3, -0.25) is 0 Å². The highest BCUT2D eigenvalue weighted by Gasteiger charge is 2.29. The molecule has 0 radical (unpaired) electrons. The van der Waals surface area contributed by atoms with Crippen molar-refractivity contribution in [1.82, 2.24) is 0 Å². The number of hydrogen-bond acceptors (Lipinski definition) is 12. The maximum Gasteiger partial charge on any atom is 0.161 e. The van der Waals surface area contributed by atoms with Gasteiger partial charge in [0.05, 0.1) is 103 Å². The summed E-state index contributed by atoms with van der Waals surface area (Å²) >= 11 is 0. The van der Waals surface area contributed by atoms with Gasteiger partial charge < -0.3 is 37.9 Å². The van der Waals surface area contributed by atoms with Gasteiger partial charge in [0.15, 0.2) is 46.0 Å². The summed E-state index contributed by atoms with van der Waals surface area (Å²) in [6.45, 7) is 0. The van der Waals surface area contributed by atoms with Gasteiger partial charge in [0.1, 0.15) is 0 Å². The molecular weight excluding hydrogens is 809 g/mol. The Morgan fingerprint density at radius 2 is 0.453 bits per heavy atom. The molecule has 320 valence electrons. The molecule has 8 bridgehead atoms. The van der Waals surface area contributed by atoms with Crippen molar-refractivity contribution in [2.75, 3.05) is 56.9 Å². The molecule has 0 fully saturated rings. The molecule has 0 saturated carbocycles. The van der Waals surface area contributed by atoms with Gasteiger partial charge in [0.2, 0.25) is 0 Å². The second kappa shape index (κ2) is 17.3. The van der Waals surface area contributed by atoms with Crippen LogP contribution in [0.25, 0.3) is 22.3 Å². The van der Waals surface area contributed by atoms with Crippen LogP contribution < -0.4 is 37.9 Å². The lowest BCUT2D eigenvalue weighted by molar-refractivity contribution is 0.355. The fourth-order valence-electron chi connectivity index (χ4n) is 8.24. The van der Waals surface area contributed by atoms with Crippen molar-refractivity contribution >= 4 is 45.1 Å². The molecule has 12 heteroatoms. The number of benzene rings is 4. The smallest absolute Gasteiger partial charge is 0.161 e. The molecule has 0 aromatic heterocycles. The van der Waals surface area contributed by atoms with E-state index in [1.807, 2.05) is 121 Å². The molecule has 5 aliphatic rings. The van der Waals surface area contributed by atoms with Gasteiger partial charge in [-0.1, -0.05) is 24.3 Å². The number of aliphatic imine (C=N–C) groups is 4. The topological polar surface area (TPSA) is 123 Å². The van der Waals surface area contributed by atoms with E-state index in [0.717, 1.165) is 44.5 Å². The predicted octanol–water partition coefficient (Wildman–Crippen LogP) is 9.76. The van der Waals surface area contributed by atoms with E-state index < -0.39 is 0 Å². The molecule has 0 atom stereocenters. The Morgan fingerprint density at radius 3 is 0.641 bits per heavy atom. The molecule has 4 aromatic rings. The first-order chi connectivity index (χ1) is 31.3. The van der Waals surface area contributed by atoms with Crippen LogP contribution in [0.2, 0.25) is 0 Å². The molecule has 0 N–H and O–H groups in total. The van der Waals surface area contributed by atoms with Crippen molar-refractivity contribution in [3.8, 4) is 46.0 Å². The van der Waals surface area contributed by atoms with E-state index in [0.29, 0.717) is 91.6 Å². The molecule has 0 aliphatic carbocycles. The normalized spacial score (nSPS) is 16.0. The molecule has 0 unspecified atom stereocenters. The molecule has 4 aromatic carbocycles. The highest BCUT2D eigenvalue weighted by Crippen LogP contribution is 2.43. The van der Waals surface area contributed by atoms with Crippen molar-refractivity contribution in [2.45, 2.75) is 0 Å². The van der Waals surface area contributed by atoms with Crippen LogP contribution in [0.5, 0.6) is 46.0 Å². The van der Waals surface area contributed by atoms with E-state index in [1.165, 1.54) is 0 Å².